The molecule has 0 atom stereocenters. The molecule has 6 aromatic carbocycles. The molecule has 0 aliphatic carbocycles. The third-order valence-corrected chi connectivity index (χ3v) is 8.79. The Morgan fingerprint density at radius 1 is 0.476 bits per heavy atom. The molecule has 1 heterocycles. The summed E-state index contributed by atoms with van der Waals surface area (Å²) in [4.78, 5) is 2.32. The Morgan fingerprint density at radius 3 is 1.74 bits per heavy atom. The summed E-state index contributed by atoms with van der Waals surface area (Å²) in [5.41, 5.74) is 8.24. The Balaban J connectivity index is 1.36. The highest BCUT2D eigenvalue weighted by molar-refractivity contribution is 7.26. The van der Waals surface area contributed by atoms with Crippen molar-refractivity contribution in [3.63, 3.8) is 0 Å². The summed E-state index contributed by atoms with van der Waals surface area (Å²) < 4.78 is 2.50. The normalized spacial score (nSPS) is 10.8. The van der Waals surface area contributed by atoms with Gasteiger partial charge in [0.1, 0.15) is 12.1 Å². The molecule has 0 saturated carbocycles. The maximum absolute atomic E-state index is 9.51. The maximum atomic E-state index is 9.51. The third kappa shape index (κ3) is 4.47. The summed E-state index contributed by atoms with van der Waals surface area (Å²) in [6.07, 6.45) is 0. The molecule has 196 valence electrons. The topological polar surface area (TPSA) is 50.8 Å². The minimum Gasteiger partial charge on any atom is -0.309 e. The molecule has 3 nitrogen and oxygen atoms in total. The average molecular weight is 554 g/mol. The fraction of sp³-hybridized carbons (Fsp3) is 0. The molecule has 0 unspecified atom stereocenters. The highest BCUT2D eigenvalue weighted by Crippen LogP contribution is 2.45. The molecule has 0 aliphatic heterocycles. The minimum atomic E-state index is 0.385. The summed E-state index contributed by atoms with van der Waals surface area (Å²) in [5, 5.41) is 21.4. The fourth-order valence-corrected chi connectivity index (χ4v) is 6.69. The van der Waals surface area contributed by atoms with Gasteiger partial charge in [0.15, 0.2) is 0 Å². The van der Waals surface area contributed by atoms with Crippen LogP contribution in [-0.4, -0.2) is 0 Å². The van der Waals surface area contributed by atoms with Crippen LogP contribution in [0, 0.1) is 22.7 Å². The molecule has 0 aliphatic rings. The molecule has 0 N–H and O–H groups in total. The fourth-order valence-electron chi connectivity index (χ4n) is 5.49. The largest absolute Gasteiger partial charge is 0.309 e. The molecule has 7 rings (SSSR count). The van der Waals surface area contributed by atoms with Gasteiger partial charge in [-0.3, -0.25) is 0 Å². The number of nitriles is 2. The van der Waals surface area contributed by atoms with Gasteiger partial charge in [-0.1, -0.05) is 91.0 Å². The minimum absolute atomic E-state index is 0.385. The molecule has 0 radical (unpaired) electrons. The van der Waals surface area contributed by atoms with E-state index in [-0.39, 0.29) is 0 Å². The number of hydrogen-bond donors (Lipinski definition) is 0. The molecule has 0 saturated heterocycles. The van der Waals surface area contributed by atoms with Crippen molar-refractivity contribution in [2.45, 2.75) is 0 Å². The second-order valence-electron chi connectivity index (χ2n) is 10.0. The van der Waals surface area contributed by atoms with E-state index in [1.54, 1.807) is 12.1 Å². The van der Waals surface area contributed by atoms with Crippen LogP contribution in [0.4, 0.5) is 17.1 Å². The second kappa shape index (κ2) is 10.7. The van der Waals surface area contributed by atoms with Crippen LogP contribution >= 0.6 is 11.3 Å². The standard InChI is InChI=1S/C38H23N3S/c39-24-30-14-13-29(23-31(30)25-40)28-17-21-33(22-18-28)41(32-19-15-27(16-20-32)26-7-2-1-3-8-26)36-11-6-10-35-34-9-4-5-12-37(34)42-38(35)36/h1-23H. The zero-order valence-electron chi connectivity index (χ0n) is 22.5. The van der Waals surface area contributed by atoms with E-state index < -0.39 is 0 Å². The van der Waals surface area contributed by atoms with E-state index in [0.717, 1.165) is 28.2 Å². The third-order valence-electron chi connectivity index (χ3n) is 7.58. The first kappa shape index (κ1) is 25.3. The molecular weight excluding hydrogens is 531 g/mol. The van der Waals surface area contributed by atoms with Crippen molar-refractivity contribution in [3.8, 4) is 34.4 Å². The van der Waals surface area contributed by atoms with Crippen molar-refractivity contribution in [1.82, 2.24) is 0 Å². The van der Waals surface area contributed by atoms with Gasteiger partial charge in [0.2, 0.25) is 0 Å². The van der Waals surface area contributed by atoms with Gasteiger partial charge < -0.3 is 4.90 Å². The first-order valence-corrected chi connectivity index (χ1v) is 14.5. The predicted octanol–water partition coefficient (Wildman–Crippen LogP) is 10.6. The molecule has 0 fully saturated rings. The molecular formula is C38H23N3S. The van der Waals surface area contributed by atoms with Crippen molar-refractivity contribution in [1.29, 1.82) is 10.5 Å². The van der Waals surface area contributed by atoms with Crippen molar-refractivity contribution in [2.75, 3.05) is 4.90 Å². The Kier molecular flexibility index (Phi) is 6.45. The molecule has 4 heteroatoms. The van der Waals surface area contributed by atoms with Gasteiger partial charge in [0.25, 0.3) is 0 Å². The van der Waals surface area contributed by atoms with Crippen LogP contribution in [-0.2, 0) is 0 Å². The number of anilines is 3. The van der Waals surface area contributed by atoms with E-state index in [2.05, 4.69) is 132 Å². The lowest BCUT2D eigenvalue weighted by Gasteiger charge is -2.26. The zero-order valence-corrected chi connectivity index (χ0v) is 23.3. The van der Waals surface area contributed by atoms with Gasteiger partial charge in [-0.25, -0.2) is 0 Å². The molecule has 0 amide bonds. The monoisotopic (exact) mass is 553 g/mol. The van der Waals surface area contributed by atoms with Crippen LogP contribution in [0.3, 0.4) is 0 Å². The van der Waals surface area contributed by atoms with Gasteiger partial charge in [-0.05, 0) is 70.8 Å². The van der Waals surface area contributed by atoms with Crippen LogP contribution < -0.4 is 4.90 Å². The van der Waals surface area contributed by atoms with Crippen LogP contribution in [0.2, 0.25) is 0 Å². The van der Waals surface area contributed by atoms with Crippen molar-refractivity contribution in [3.05, 3.63) is 151 Å². The summed E-state index contributed by atoms with van der Waals surface area (Å²) >= 11 is 1.81. The Labute approximate surface area is 248 Å². The van der Waals surface area contributed by atoms with Crippen LogP contribution in [0.1, 0.15) is 11.1 Å². The Morgan fingerprint density at radius 2 is 1.05 bits per heavy atom. The van der Waals surface area contributed by atoms with Crippen molar-refractivity contribution >= 4 is 48.6 Å². The Bertz CT molecular complexity index is 2150. The lowest BCUT2D eigenvalue weighted by atomic mass is 9.99. The van der Waals surface area contributed by atoms with E-state index in [4.69, 9.17) is 0 Å². The zero-order chi connectivity index (χ0) is 28.5. The summed E-state index contributed by atoms with van der Waals surface area (Å²) in [6.45, 7) is 0. The molecule has 0 bridgehead atoms. The summed E-state index contributed by atoms with van der Waals surface area (Å²) in [7, 11) is 0. The van der Waals surface area contributed by atoms with Crippen molar-refractivity contribution in [2.24, 2.45) is 0 Å². The van der Waals surface area contributed by atoms with Crippen LogP contribution in [0.15, 0.2) is 140 Å². The summed E-state index contributed by atoms with van der Waals surface area (Å²) in [6, 6.07) is 52.3. The van der Waals surface area contributed by atoms with Gasteiger partial charge in [0, 0.05) is 26.8 Å². The van der Waals surface area contributed by atoms with Crippen molar-refractivity contribution < 1.29 is 0 Å². The van der Waals surface area contributed by atoms with E-state index in [0.29, 0.717) is 11.1 Å². The first-order chi connectivity index (χ1) is 20.7. The quantitative estimate of drug-likeness (QED) is 0.213. The SMILES string of the molecule is N#Cc1ccc(-c2ccc(N(c3ccc(-c4ccccc4)cc3)c3cccc4c3sc3ccccc34)cc2)cc1C#N. The van der Waals surface area contributed by atoms with Gasteiger partial charge >= 0.3 is 0 Å². The number of hydrogen-bond acceptors (Lipinski definition) is 4. The van der Waals surface area contributed by atoms with Crippen LogP contribution in [0.25, 0.3) is 42.4 Å². The lowest BCUT2D eigenvalue weighted by Crippen LogP contribution is -2.10. The number of fused-ring (bicyclic) bond motifs is 3. The Hall–Kier alpha value is -5.68. The van der Waals surface area contributed by atoms with Crippen LogP contribution in [0.5, 0.6) is 0 Å². The molecule has 0 spiro atoms. The van der Waals surface area contributed by atoms with Gasteiger partial charge in [0.05, 0.1) is 21.5 Å². The highest BCUT2D eigenvalue weighted by Gasteiger charge is 2.18. The smallest absolute Gasteiger partial charge is 0.101 e. The predicted molar refractivity (Wildman–Crippen MR) is 174 cm³/mol. The van der Waals surface area contributed by atoms with E-state index >= 15 is 0 Å². The van der Waals surface area contributed by atoms with E-state index in [1.807, 2.05) is 23.5 Å². The van der Waals surface area contributed by atoms with E-state index in [9.17, 15) is 10.5 Å². The second-order valence-corrected chi connectivity index (χ2v) is 11.1. The molecule has 1 aromatic heterocycles. The van der Waals surface area contributed by atoms with Gasteiger partial charge in [-0.15, -0.1) is 11.3 Å². The molecule has 42 heavy (non-hydrogen) atoms. The van der Waals surface area contributed by atoms with Gasteiger partial charge in [-0.2, -0.15) is 10.5 Å². The number of benzene rings is 6. The maximum Gasteiger partial charge on any atom is 0.101 e. The number of rotatable bonds is 5. The number of thiophene rings is 1. The number of nitrogens with zero attached hydrogens (tertiary/aromatic N) is 3. The molecule has 7 aromatic rings. The first-order valence-electron chi connectivity index (χ1n) is 13.6. The lowest BCUT2D eigenvalue weighted by molar-refractivity contribution is 1.30. The summed E-state index contributed by atoms with van der Waals surface area (Å²) in [5.74, 6) is 0. The average Bonchev–Trinajstić information content (AvgIpc) is 3.45. The highest BCUT2D eigenvalue weighted by atomic mass is 32.1. The van der Waals surface area contributed by atoms with E-state index in [1.165, 1.54) is 31.3 Å².